The van der Waals surface area contributed by atoms with Crippen molar-refractivity contribution in [3.8, 4) is 28.4 Å². The van der Waals surface area contributed by atoms with Crippen LogP contribution in [0.4, 0.5) is 0 Å². The highest BCUT2D eigenvalue weighted by molar-refractivity contribution is 5.84. The smallest absolute Gasteiger partial charge is 0.199 e. The number of ether oxygens (including phenoxy) is 4. The monoisotopic (exact) mass is 398 g/mol. The van der Waals surface area contributed by atoms with Gasteiger partial charge in [0.25, 0.3) is 0 Å². The molecule has 2 aromatic carbocycles. The lowest BCUT2D eigenvalue weighted by Gasteiger charge is -2.26. The zero-order valence-electron chi connectivity index (χ0n) is 16.3. The van der Waals surface area contributed by atoms with Crippen LogP contribution in [0.3, 0.4) is 0 Å². The van der Waals surface area contributed by atoms with Gasteiger partial charge in [0.05, 0.1) is 18.8 Å². The molecule has 6 heteroatoms. The Balaban J connectivity index is 1.65. The summed E-state index contributed by atoms with van der Waals surface area (Å²) in [6, 6.07) is 10.5. The van der Waals surface area contributed by atoms with Gasteiger partial charge >= 0.3 is 0 Å². The van der Waals surface area contributed by atoms with E-state index in [0.29, 0.717) is 31.0 Å². The molecule has 2 atom stereocenters. The maximum atomic E-state index is 11.3. The van der Waals surface area contributed by atoms with Gasteiger partial charge < -0.3 is 24.1 Å². The molecule has 0 aliphatic carbocycles. The van der Waals surface area contributed by atoms with Crippen LogP contribution < -0.4 is 9.47 Å². The van der Waals surface area contributed by atoms with E-state index < -0.39 is 0 Å². The fraction of sp³-hybridized carbons (Fsp3) is 0.435. The van der Waals surface area contributed by atoms with Crippen LogP contribution in [0.1, 0.15) is 48.9 Å². The Kier molecular flexibility index (Phi) is 6.32. The van der Waals surface area contributed by atoms with E-state index in [1.165, 1.54) is 6.07 Å². The van der Waals surface area contributed by atoms with Crippen molar-refractivity contribution in [2.45, 2.75) is 51.1 Å². The van der Waals surface area contributed by atoms with E-state index in [1.54, 1.807) is 12.1 Å². The minimum Gasteiger partial charge on any atom is -0.507 e. The molecule has 2 aliphatic heterocycles. The van der Waals surface area contributed by atoms with Gasteiger partial charge in [0, 0.05) is 18.4 Å². The van der Waals surface area contributed by atoms with E-state index in [9.17, 15) is 9.90 Å². The van der Waals surface area contributed by atoms with Gasteiger partial charge in [0.15, 0.2) is 18.9 Å². The molecule has 29 heavy (non-hydrogen) atoms. The number of carbonyl (C=O) groups excluding carboxylic acids is 1. The Morgan fingerprint density at radius 1 is 0.897 bits per heavy atom. The number of benzene rings is 2. The number of phenolic OH excluding ortho intramolecular Hbond substituents is 1. The summed E-state index contributed by atoms with van der Waals surface area (Å²) in [5, 5.41) is 9.86. The summed E-state index contributed by atoms with van der Waals surface area (Å²) < 4.78 is 23.5. The summed E-state index contributed by atoms with van der Waals surface area (Å²) in [6.07, 6.45) is 6.03. The van der Waals surface area contributed by atoms with Crippen LogP contribution in [0.5, 0.6) is 17.2 Å². The van der Waals surface area contributed by atoms with Crippen molar-refractivity contribution in [2.75, 3.05) is 13.2 Å². The number of aromatic hydroxyl groups is 1. The molecule has 154 valence electrons. The van der Waals surface area contributed by atoms with Gasteiger partial charge in [-0.05, 0) is 61.6 Å². The van der Waals surface area contributed by atoms with E-state index in [1.807, 2.05) is 18.2 Å². The largest absolute Gasteiger partial charge is 0.507 e. The number of rotatable bonds is 6. The van der Waals surface area contributed by atoms with Crippen LogP contribution in [0.25, 0.3) is 11.1 Å². The Morgan fingerprint density at radius 2 is 1.62 bits per heavy atom. The SMILES string of the molecule is O=Cc1cc(-c2cc(OC3CCCCO3)ccc2OC2CCCCO2)ccc1O. The van der Waals surface area contributed by atoms with Gasteiger partial charge in [0.2, 0.25) is 0 Å². The molecular formula is C23H26O6. The number of phenols is 1. The van der Waals surface area contributed by atoms with Crippen LogP contribution in [0.15, 0.2) is 36.4 Å². The first kappa shape index (κ1) is 19.7. The Labute approximate surface area is 170 Å². The van der Waals surface area contributed by atoms with Crippen molar-refractivity contribution in [3.05, 3.63) is 42.0 Å². The van der Waals surface area contributed by atoms with E-state index >= 15 is 0 Å². The predicted molar refractivity (Wildman–Crippen MR) is 107 cm³/mol. The minimum atomic E-state index is -0.293. The van der Waals surface area contributed by atoms with Crippen LogP contribution in [0.2, 0.25) is 0 Å². The second kappa shape index (κ2) is 9.29. The van der Waals surface area contributed by atoms with Crippen LogP contribution in [0, 0.1) is 0 Å². The highest BCUT2D eigenvalue weighted by Gasteiger charge is 2.20. The third-order valence-electron chi connectivity index (χ3n) is 5.22. The molecule has 0 aromatic heterocycles. The molecular weight excluding hydrogens is 372 g/mol. The van der Waals surface area contributed by atoms with Crippen LogP contribution >= 0.6 is 0 Å². The molecule has 0 radical (unpaired) electrons. The third-order valence-corrected chi connectivity index (χ3v) is 5.22. The first-order valence-corrected chi connectivity index (χ1v) is 10.2. The molecule has 2 heterocycles. The van der Waals surface area contributed by atoms with Gasteiger partial charge in [-0.2, -0.15) is 0 Å². The third kappa shape index (κ3) is 4.89. The molecule has 2 aromatic rings. The molecule has 2 aliphatic rings. The summed E-state index contributed by atoms with van der Waals surface area (Å²) >= 11 is 0. The normalized spacial score (nSPS) is 22.1. The summed E-state index contributed by atoms with van der Waals surface area (Å²) in [5.74, 6) is 1.27. The summed E-state index contributed by atoms with van der Waals surface area (Å²) in [6.45, 7) is 1.40. The van der Waals surface area contributed by atoms with Gasteiger partial charge in [0.1, 0.15) is 17.2 Å². The number of hydrogen-bond donors (Lipinski definition) is 1. The molecule has 2 saturated heterocycles. The first-order chi connectivity index (χ1) is 14.2. The standard InChI is InChI=1S/C23H26O6/c24-15-17-13-16(7-9-20(17)25)19-14-18(28-22-5-1-3-11-26-22)8-10-21(19)29-23-6-2-4-12-27-23/h7-10,13-15,22-23,25H,1-6,11-12H2. The van der Waals surface area contributed by atoms with E-state index in [-0.39, 0.29) is 23.9 Å². The maximum absolute atomic E-state index is 11.3. The lowest BCUT2D eigenvalue weighted by Crippen LogP contribution is -2.25. The molecule has 2 fully saturated rings. The topological polar surface area (TPSA) is 74.2 Å². The minimum absolute atomic E-state index is 0.0511. The number of carbonyl (C=O) groups is 1. The second-order valence-corrected chi connectivity index (χ2v) is 7.38. The van der Waals surface area contributed by atoms with E-state index in [4.69, 9.17) is 18.9 Å². The Hall–Kier alpha value is -2.57. The predicted octanol–water partition coefficient (Wildman–Crippen LogP) is 4.68. The summed E-state index contributed by atoms with van der Waals surface area (Å²) in [7, 11) is 0. The lowest BCUT2D eigenvalue weighted by molar-refractivity contribution is -0.107. The molecule has 4 rings (SSSR count). The van der Waals surface area contributed by atoms with Gasteiger partial charge in [-0.1, -0.05) is 6.07 Å². The summed E-state index contributed by atoms with van der Waals surface area (Å²) in [5.41, 5.74) is 1.76. The average Bonchev–Trinajstić information content (AvgIpc) is 2.77. The van der Waals surface area contributed by atoms with Crippen LogP contribution in [-0.2, 0) is 9.47 Å². The fourth-order valence-electron chi connectivity index (χ4n) is 3.63. The molecule has 0 amide bonds. The van der Waals surface area contributed by atoms with E-state index in [2.05, 4.69) is 0 Å². The number of aldehydes is 1. The second-order valence-electron chi connectivity index (χ2n) is 7.38. The van der Waals surface area contributed by atoms with Crippen molar-refractivity contribution < 1.29 is 28.8 Å². The van der Waals surface area contributed by atoms with Crippen LogP contribution in [-0.4, -0.2) is 37.2 Å². The molecule has 0 saturated carbocycles. The zero-order chi connectivity index (χ0) is 20.1. The van der Waals surface area contributed by atoms with Gasteiger partial charge in [-0.15, -0.1) is 0 Å². The molecule has 6 nitrogen and oxygen atoms in total. The highest BCUT2D eigenvalue weighted by atomic mass is 16.7. The molecule has 0 spiro atoms. The zero-order valence-corrected chi connectivity index (χ0v) is 16.3. The first-order valence-electron chi connectivity index (χ1n) is 10.2. The van der Waals surface area contributed by atoms with Crippen molar-refractivity contribution in [1.82, 2.24) is 0 Å². The molecule has 0 bridgehead atoms. The summed E-state index contributed by atoms with van der Waals surface area (Å²) in [4.78, 5) is 11.3. The average molecular weight is 398 g/mol. The van der Waals surface area contributed by atoms with Gasteiger partial charge in [-0.3, -0.25) is 4.79 Å². The molecule has 1 N–H and O–H groups in total. The van der Waals surface area contributed by atoms with Crippen molar-refractivity contribution >= 4 is 6.29 Å². The quantitative estimate of drug-likeness (QED) is 0.712. The van der Waals surface area contributed by atoms with Crippen molar-refractivity contribution in [3.63, 3.8) is 0 Å². The fourth-order valence-corrected chi connectivity index (χ4v) is 3.63. The highest BCUT2D eigenvalue weighted by Crippen LogP contribution is 2.37. The molecule has 2 unspecified atom stereocenters. The van der Waals surface area contributed by atoms with Crippen molar-refractivity contribution in [2.24, 2.45) is 0 Å². The van der Waals surface area contributed by atoms with Crippen molar-refractivity contribution in [1.29, 1.82) is 0 Å². The Morgan fingerprint density at radius 3 is 2.28 bits per heavy atom. The lowest BCUT2D eigenvalue weighted by atomic mass is 10.0. The maximum Gasteiger partial charge on any atom is 0.199 e. The number of hydrogen-bond acceptors (Lipinski definition) is 6. The Bertz CT molecular complexity index is 837. The van der Waals surface area contributed by atoms with E-state index in [0.717, 1.165) is 49.7 Å². The van der Waals surface area contributed by atoms with Gasteiger partial charge in [-0.25, -0.2) is 0 Å².